The van der Waals surface area contributed by atoms with Crippen molar-refractivity contribution in [2.75, 3.05) is 6.61 Å². The number of hydrogen-bond donors (Lipinski definition) is 2. The molecule has 6 nitrogen and oxygen atoms in total. The van der Waals surface area contributed by atoms with Crippen molar-refractivity contribution in [2.45, 2.75) is 26.8 Å². The van der Waals surface area contributed by atoms with Gasteiger partial charge in [0.2, 0.25) is 0 Å². The Morgan fingerprint density at radius 3 is 2.45 bits per heavy atom. The molecule has 1 rings (SSSR count). The molecule has 0 fully saturated rings. The average Bonchev–Trinajstić information content (AvgIpc) is 2.40. The van der Waals surface area contributed by atoms with E-state index in [9.17, 15) is 9.59 Å². The molecule has 0 spiro atoms. The lowest BCUT2D eigenvalue weighted by Gasteiger charge is -2.06. The Balaban J connectivity index is 2.48. The van der Waals surface area contributed by atoms with Crippen molar-refractivity contribution in [3.8, 4) is 5.75 Å². The first-order valence-electron chi connectivity index (χ1n) is 6.39. The highest BCUT2D eigenvalue weighted by Crippen LogP contribution is 2.10. The fourth-order valence-electron chi connectivity index (χ4n) is 1.36. The molecule has 0 aliphatic heterocycles. The van der Waals surface area contributed by atoms with E-state index in [4.69, 9.17) is 4.74 Å². The van der Waals surface area contributed by atoms with Gasteiger partial charge in [0.1, 0.15) is 5.75 Å². The van der Waals surface area contributed by atoms with E-state index in [1.165, 1.54) is 6.21 Å². The predicted octanol–water partition coefficient (Wildman–Crippen LogP) is 1.06. The average molecular weight is 277 g/mol. The Morgan fingerprint density at radius 1 is 1.25 bits per heavy atom. The largest absolute Gasteiger partial charge is 0.494 e. The van der Waals surface area contributed by atoms with E-state index in [2.05, 4.69) is 15.8 Å². The molecule has 1 aromatic rings. The zero-order valence-electron chi connectivity index (χ0n) is 11.8. The van der Waals surface area contributed by atoms with Crippen LogP contribution >= 0.6 is 0 Å². The van der Waals surface area contributed by atoms with Gasteiger partial charge in [-0.25, -0.2) is 5.43 Å². The number of ether oxygens (including phenoxy) is 1. The van der Waals surface area contributed by atoms with Gasteiger partial charge in [0.15, 0.2) is 0 Å². The van der Waals surface area contributed by atoms with E-state index in [1.54, 1.807) is 38.1 Å². The second-order valence-electron chi connectivity index (χ2n) is 4.33. The summed E-state index contributed by atoms with van der Waals surface area (Å²) in [7, 11) is 0. The fourth-order valence-corrected chi connectivity index (χ4v) is 1.36. The molecule has 0 aliphatic carbocycles. The zero-order chi connectivity index (χ0) is 15.0. The number of hydrazone groups is 1. The van der Waals surface area contributed by atoms with Crippen LogP contribution in [-0.2, 0) is 9.59 Å². The van der Waals surface area contributed by atoms with E-state index in [1.807, 2.05) is 6.92 Å². The predicted molar refractivity (Wildman–Crippen MR) is 76.6 cm³/mol. The van der Waals surface area contributed by atoms with Crippen LogP contribution < -0.4 is 15.5 Å². The first-order chi connectivity index (χ1) is 9.52. The lowest BCUT2D eigenvalue weighted by atomic mass is 10.2. The molecule has 1 aromatic carbocycles. The van der Waals surface area contributed by atoms with Gasteiger partial charge in [0.05, 0.1) is 12.8 Å². The van der Waals surface area contributed by atoms with Gasteiger partial charge in [0.25, 0.3) is 0 Å². The van der Waals surface area contributed by atoms with Crippen molar-refractivity contribution >= 4 is 18.0 Å². The smallest absolute Gasteiger partial charge is 0.329 e. The van der Waals surface area contributed by atoms with Crippen LogP contribution in [0.25, 0.3) is 0 Å². The van der Waals surface area contributed by atoms with Crippen LogP contribution in [0.15, 0.2) is 29.4 Å². The maximum absolute atomic E-state index is 11.4. The quantitative estimate of drug-likeness (QED) is 0.480. The minimum absolute atomic E-state index is 0.0941. The lowest BCUT2D eigenvalue weighted by molar-refractivity contribution is -0.139. The zero-order valence-corrected chi connectivity index (χ0v) is 11.8. The molecule has 0 unspecified atom stereocenters. The SMILES string of the molecule is CCOc1ccc(/C=N/NC(=O)C(=O)NC(C)C)cc1. The molecule has 6 heteroatoms. The molecule has 0 atom stereocenters. The number of rotatable bonds is 5. The van der Waals surface area contributed by atoms with Gasteiger partial charge in [-0.1, -0.05) is 0 Å². The van der Waals surface area contributed by atoms with Crippen LogP contribution in [0.5, 0.6) is 5.75 Å². The molecule has 0 heterocycles. The molecular weight excluding hydrogens is 258 g/mol. The standard InChI is InChI=1S/C14H19N3O3/c1-4-20-12-7-5-11(6-8-12)9-15-17-14(19)13(18)16-10(2)3/h5-10H,4H2,1-3H3,(H,16,18)(H,17,19)/b15-9+. The van der Waals surface area contributed by atoms with E-state index < -0.39 is 11.8 Å². The van der Waals surface area contributed by atoms with Gasteiger partial charge in [-0.3, -0.25) is 9.59 Å². The van der Waals surface area contributed by atoms with Crippen molar-refractivity contribution < 1.29 is 14.3 Å². The number of amides is 2. The molecule has 0 aliphatic rings. The minimum atomic E-state index is -0.791. The summed E-state index contributed by atoms with van der Waals surface area (Å²) >= 11 is 0. The normalized spacial score (nSPS) is 10.6. The van der Waals surface area contributed by atoms with E-state index in [0.717, 1.165) is 11.3 Å². The van der Waals surface area contributed by atoms with Crippen molar-refractivity contribution in [1.29, 1.82) is 0 Å². The Bertz CT molecular complexity index is 481. The summed E-state index contributed by atoms with van der Waals surface area (Å²) in [5.74, 6) is -0.727. The summed E-state index contributed by atoms with van der Waals surface area (Å²) in [6.45, 7) is 6.06. The van der Waals surface area contributed by atoms with Crippen molar-refractivity contribution in [3.05, 3.63) is 29.8 Å². The van der Waals surface area contributed by atoms with Crippen LogP contribution in [0.1, 0.15) is 26.3 Å². The molecule has 2 amide bonds. The Hall–Kier alpha value is -2.37. The Kier molecular flexibility index (Phi) is 6.22. The maximum Gasteiger partial charge on any atom is 0.329 e. The monoisotopic (exact) mass is 277 g/mol. The fraction of sp³-hybridized carbons (Fsp3) is 0.357. The topological polar surface area (TPSA) is 79.8 Å². The number of carbonyl (C=O) groups excluding carboxylic acids is 2. The van der Waals surface area contributed by atoms with Gasteiger partial charge in [-0.2, -0.15) is 5.10 Å². The summed E-state index contributed by atoms with van der Waals surface area (Å²) in [6, 6.07) is 7.11. The van der Waals surface area contributed by atoms with E-state index >= 15 is 0 Å². The first kappa shape index (κ1) is 15.7. The lowest BCUT2D eigenvalue weighted by Crippen LogP contribution is -2.41. The second-order valence-corrected chi connectivity index (χ2v) is 4.33. The molecule has 0 saturated carbocycles. The van der Waals surface area contributed by atoms with Gasteiger partial charge in [-0.15, -0.1) is 0 Å². The molecule has 108 valence electrons. The third-order valence-corrected chi connectivity index (χ3v) is 2.20. The third-order valence-electron chi connectivity index (χ3n) is 2.20. The molecule has 0 saturated heterocycles. The Morgan fingerprint density at radius 2 is 1.90 bits per heavy atom. The Labute approximate surface area is 118 Å². The van der Waals surface area contributed by atoms with Gasteiger partial charge in [-0.05, 0) is 50.6 Å². The van der Waals surface area contributed by atoms with Gasteiger partial charge < -0.3 is 10.1 Å². The van der Waals surface area contributed by atoms with Gasteiger partial charge in [0, 0.05) is 6.04 Å². The summed E-state index contributed by atoms with van der Waals surface area (Å²) in [5, 5.41) is 6.19. The van der Waals surface area contributed by atoms with Crippen molar-refractivity contribution in [1.82, 2.24) is 10.7 Å². The number of nitrogens with zero attached hydrogens (tertiary/aromatic N) is 1. The van der Waals surface area contributed by atoms with Crippen molar-refractivity contribution in [3.63, 3.8) is 0 Å². The molecule has 0 aromatic heterocycles. The third kappa shape index (κ3) is 5.51. The number of carbonyl (C=O) groups is 2. The molecule has 0 bridgehead atoms. The van der Waals surface area contributed by atoms with Crippen LogP contribution in [0.4, 0.5) is 0 Å². The van der Waals surface area contributed by atoms with Crippen LogP contribution in [0.2, 0.25) is 0 Å². The molecule has 0 radical (unpaired) electrons. The van der Waals surface area contributed by atoms with Crippen molar-refractivity contribution in [2.24, 2.45) is 5.10 Å². The maximum atomic E-state index is 11.4. The number of benzene rings is 1. The number of hydrogen-bond acceptors (Lipinski definition) is 4. The highest BCUT2D eigenvalue weighted by Gasteiger charge is 2.12. The van der Waals surface area contributed by atoms with Crippen LogP contribution in [0, 0.1) is 0 Å². The molecule has 2 N–H and O–H groups in total. The summed E-state index contributed by atoms with van der Waals surface area (Å²) in [4.78, 5) is 22.6. The summed E-state index contributed by atoms with van der Waals surface area (Å²) < 4.78 is 5.30. The summed E-state index contributed by atoms with van der Waals surface area (Å²) in [5.41, 5.74) is 2.95. The van der Waals surface area contributed by atoms with Crippen LogP contribution in [0.3, 0.4) is 0 Å². The van der Waals surface area contributed by atoms with E-state index in [-0.39, 0.29) is 6.04 Å². The van der Waals surface area contributed by atoms with Crippen LogP contribution in [-0.4, -0.2) is 30.7 Å². The molecular formula is C14H19N3O3. The second kappa shape index (κ2) is 7.93. The highest BCUT2D eigenvalue weighted by atomic mass is 16.5. The minimum Gasteiger partial charge on any atom is -0.494 e. The molecule has 20 heavy (non-hydrogen) atoms. The van der Waals surface area contributed by atoms with Gasteiger partial charge >= 0.3 is 11.8 Å². The summed E-state index contributed by atoms with van der Waals surface area (Å²) in [6.07, 6.45) is 1.45. The first-order valence-corrected chi connectivity index (χ1v) is 6.39. The van der Waals surface area contributed by atoms with E-state index in [0.29, 0.717) is 6.61 Å². The number of nitrogens with one attached hydrogen (secondary N) is 2. The highest BCUT2D eigenvalue weighted by molar-refractivity contribution is 6.35.